The van der Waals surface area contributed by atoms with Crippen molar-refractivity contribution >= 4 is 30.7 Å². The smallest absolute Gasteiger partial charge is 0.507 e. The minimum absolute atomic E-state index is 0.0890. The molecule has 10 heteroatoms. The molecule has 0 aliphatic heterocycles. The molecule has 0 radical (unpaired) electrons. The molecule has 7 nitrogen and oxygen atoms in total. The number of phenols is 1. The van der Waals surface area contributed by atoms with E-state index in [2.05, 4.69) is 15.2 Å². The van der Waals surface area contributed by atoms with E-state index in [1.54, 1.807) is 6.08 Å². The number of rotatable bonds is 7. The third kappa shape index (κ3) is 6.69. The second-order valence-corrected chi connectivity index (χ2v) is 5.57. The molecular weight excluding hydrogens is 389 g/mol. The Labute approximate surface area is 164 Å². The van der Waals surface area contributed by atoms with Gasteiger partial charge in [-0.2, -0.15) is 0 Å². The van der Waals surface area contributed by atoms with Crippen molar-refractivity contribution < 1.29 is 27.8 Å². The summed E-state index contributed by atoms with van der Waals surface area (Å²) in [6, 6.07) is 9.31. The lowest BCUT2D eigenvalue weighted by Gasteiger charge is -2.14. The third-order valence-corrected chi connectivity index (χ3v) is 3.47. The lowest BCUT2D eigenvalue weighted by atomic mass is 10.1. The largest absolute Gasteiger partial charge is 0.573 e. The van der Waals surface area contributed by atoms with Crippen molar-refractivity contribution in [2.45, 2.75) is 6.36 Å². The molecule has 152 valence electrons. The van der Waals surface area contributed by atoms with Crippen LogP contribution in [0.1, 0.15) is 21.5 Å². The molecule has 0 aromatic heterocycles. The number of hydrazine groups is 1. The number of nitrogens with zero attached hydrogens (tertiary/aromatic N) is 2. The molecule has 2 aromatic rings. The van der Waals surface area contributed by atoms with Gasteiger partial charge >= 0.3 is 6.36 Å². The average molecular weight is 406 g/mol. The van der Waals surface area contributed by atoms with Gasteiger partial charge in [-0.25, -0.2) is 5.01 Å². The van der Waals surface area contributed by atoms with E-state index in [0.717, 1.165) is 23.5 Å². The molecule has 0 saturated heterocycles. The highest BCUT2D eigenvalue weighted by atomic mass is 19.4. The van der Waals surface area contributed by atoms with Gasteiger partial charge in [0, 0.05) is 18.2 Å². The summed E-state index contributed by atoms with van der Waals surface area (Å²) in [7, 11) is 1.48. The van der Waals surface area contributed by atoms with E-state index < -0.39 is 12.3 Å². The SMILES string of the molecule is C/N=C\N(C=N)NC(=O)c1ccc(O)c(/C=C/c2ccc(OC(F)(F)F)cc2)c1. The Hall–Kier alpha value is -3.82. The Morgan fingerprint density at radius 3 is 2.48 bits per heavy atom. The Morgan fingerprint density at radius 2 is 1.90 bits per heavy atom. The van der Waals surface area contributed by atoms with Gasteiger partial charge < -0.3 is 9.84 Å². The predicted molar refractivity (Wildman–Crippen MR) is 103 cm³/mol. The lowest BCUT2D eigenvalue weighted by molar-refractivity contribution is -0.274. The Morgan fingerprint density at radius 1 is 1.21 bits per heavy atom. The maximum atomic E-state index is 12.2. The average Bonchev–Trinajstić information content (AvgIpc) is 2.66. The highest BCUT2D eigenvalue weighted by Gasteiger charge is 2.30. The van der Waals surface area contributed by atoms with E-state index in [-0.39, 0.29) is 17.1 Å². The van der Waals surface area contributed by atoms with Crippen molar-refractivity contribution in [3.8, 4) is 11.5 Å². The van der Waals surface area contributed by atoms with E-state index in [4.69, 9.17) is 5.41 Å². The Bertz CT molecular complexity index is 925. The van der Waals surface area contributed by atoms with Crippen LogP contribution in [0.4, 0.5) is 13.2 Å². The van der Waals surface area contributed by atoms with Crippen LogP contribution < -0.4 is 10.2 Å². The monoisotopic (exact) mass is 406 g/mol. The van der Waals surface area contributed by atoms with Crippen molar-refractivity contribution in [2.24, 2.45) is 4.99 Å². The number of aromatic hydroxyl groups is 1. The molecule has 0 aliphatic rings. The first-order valence-corrected chi connectivity index (χ1v) is 8.11. The molecule has 0 bridgehead atoms. The minimum atomic E-state index is -4.76. The Kier molecular flexibility index (Phi) is 6.96. The van der Waals surface area contributed by atoms with Crippen LogP contribution in [0.5, 0.6) is 11.5 Å². The van der Waals surface area contributed by atoms with Gasteiger partial charge in [-0.3, -0.25) is 20.6 Å². The summed E-state index contributed by atoms with van der Waals surface area (Å²) in [6.07, 6.45) is 0.395. The van der Waals surface area contributed by atoms with Gasteiger partial charge in [0.15, 0.2) is 0 Å². The molecule has 0 fully saturated rings. The molecule has 2 rings (SSSR count). The number of carbonyl (C=O) groups is 1. The van der Waals surface area contributed by atoms with Crippen molar-refractivity contribution in [2.75, 3.05) is 7.05 Å². The van der Waals surface area contributed by atoms with E-state index in [9.17, 15) is 23.1 Å². The highest BCUT2D eigenvalue weighted by Crippen LogP contribution is 2.24. The van der Waals surface area contributed by atoms with Crippen LogP contribution in [0.3, 0.4) is 0 Å². The molecule has 0 spiro atoms. The van der Waals surface area contributed by atoms with Crippen molar-refractivity contribution in [3.05, 3.63) is 59.2 Å². The van der Waals surface area contributed by atoms with Crippen LogP contribution in [-0.4, -0.2) is 42.1 Å². The van der Waals surface area contributed by atoms with E-state index in [0.29, 0.717) is 11.1 Å². The van der Waals surface area contributed by atoms with Crippen molar-refractivity contribution in [1.82, 2.24) is 10.4 Å². The lowest BCUT2D eigenvalue weighted by Crippen LogP contribution is -2.40. The van der Waals surface area contributed by atoms with Gasteiger partial charge in [-0.15, -0.1) is 13.2 Å². The van der Waals surface area contributed by atoms with E-state index in [1.807, 2.05) is 0 Å². The second-order valence-electron chi connectivity index (χ2n) is 5.57. The first kappa shape index (κ1) is 21.5. The summed E-state index contributed by atoms with van der Waals surface area (Å²) >= 11 is 0. The van der Waals surface area contributed by atoms with E-state index >= 15 is 0 Å². The molecule has 0 atom stereocenters. The number of hydrogen-bond acceptors (Lipinski definition) is 5. The van der Waals surface area contributed by atoms with Crippen LogP contribution in [0.15, 0.2) is 47.5 Å². The van der Waals surface area contributed by atoms with Crippen molar-refractivity contribution in [3.63, 3.8) is 0 Å². The zero-order chi connectivity index (χ0) is 21.4. The molecule has 1 amide bonds. The quantitative estimate of drug-likeness (QED) is 0.283. The zero-order valence-corrected chi connectivity index (χ0v) is 15.1. The molecule has 29 heavy (non-hydrogen) atoms. The van der Waals surface area contributed by atoms with Crippen LogP contribution >= 0.6 is 0 Å². The number of nitrogens with one attached hydrogen (secondary N) is 2. The maximum absolute atomic E-state index is 12.2. The van der Waals surface area contributed by atoms with Crippen molar-refractivity contribution in [1.29, 1.82) is 5.41 Å². The topological polar surface area (TPSA) is 98.0 Å². The fraction of sp³-hybridized carbons (Fsp3) is 0.105. The van der Waals surface area contributed by atoms with Gasteiger partial charge in [0.2, 0.25) is 0 Å². The number of carbonyl (C=O) groups excluding carboxylic acids is 1. The molecule has 0 aliphatic carbocycles. The minimum Gasteiger partial charge on any atom is -0.507 e. The number of halogens is 3. The summed E-state index contributed by atoms with van der Waals surface area (Å²) in [4.78, 5) is 15.9. The van der Waals surface area contributed by atoms with Gasteiger partial charge in [0.25, 0.3) is 5.91 Å². The molecule has 0 saturated carbocycles. The second kappa shape index (κ2) is 9.40. The maximum Gasteiger partial charge on any atom is 0.573 e. The van der Waals surface area contributed by atoms with E-state index in [1.165, 1.54) is 49.8 Å². The zero-order valence-electron chi connectivity index (χ0n) is 15.1. The van der Waals surface area contributed by atoms with Crippen LogP contribution in [0, 0.1) is 5.41 Å². The summed E-state index contributed by atoms with van der Waals surface area (Å²) in [6.45, 7) is 0. The van der Waals surface area contributed by atoms with Crippen LogP contribution in [-0.2, 0) is 0 Å². The fourth-order valence-corrected chi connectivity index (χ4v) is 2.20. The van der Waals surface area contributed by atoms with Gasteiger partial charge in [-0.1, -0.05) is 24.3 Å². The number of hydrogen-bond donors (Lipinski definition) is 3. The van der Waals surface area contributed by atoms with Gasteiger partial charge in [0.05, 0.1) is 0 Å². The highest BCUT2D eigenvalue weighted by molar-refractivity contribution is 5.97. The number of benzene rings is 2. The Balaban J connectivity index is 2.15. The van der Waals surface area contributed by atoms with Gasteiger partial charge in [0.1, 0.15) is 24.2 Å². The first-order chi connectivity index (χ1) is 13.7. The number of alkyl halides is 3. The fourth-order valence-electron chi connectivity index (χ4n) is 2.20. The standard InChI is InChI=1S/C19H17F3N4O3/c1-24-12-26(11-23)25-18(28)15-6-9-17(27)14(10-15)5-2-13-3-7-16(8-4-13)29-19(20,21)22/h2-12,23,27H,1H3,(H,25,28)/b5-2+,23-11?,24-12-. The number of amides is 1. The number of ether oxygens (including phenoxy) is 1. The first-order valence-electron chi connectivity index (χ1n) is 8.11. The van der Waals surface area contributed by atoms with Crippen LogP contribution in [0.2, 0.25) is 0 Å². The number of phenolic OH excluding ortho intramolecular Hbond substituents is 1. The predicted octanol–water partition coefficient (Wildman–Crippen LogP) is 3.67. The summed E-state index contributed by atoms with van der Waals surface area (Å²) in [5.74, 6) is -0.965. The molecule has 0 heterocycles. The molecular formula is C19H17F3N4O3. The van der Waals surface area contributed by atoms with Gasteiger partial charge in [-0.05, 0) is 35.9 Å². The summed E-state index contributed by atoms with van der Waals surface area (Å²) in [5.41, 5.74) is 3.51. The molecule has 2 aromatic carbocycles. The summed E-state index contributed by atoms with van der Waals surface area (Å²) < 4.78 is 40.4. The summed E-state index contributed by atoms with van der Waals surface area (Å²) in [5, 5.41) is 18.2. The number of aliphatic imine (C=N–C) groups is 1. The normalized spacial score (nSPS) is 11.6. The molecule has 0 unspecified atom stereocenters. The molecule has 3 N–H and O–H groups in total. The van der Waals surface area contributed by atoms with Crippen LogP contribution in [0.25, 0.3) is 12.2 Å². The third-order valence-electron chi connectivity index (χ3n) is 3.47.